The van der Waals surface area contributed by atoms with Crippen molar-refractivity contribution in [2.45, 2.75) is 58.4 Å². The van der Waals surface area contributed by atoms with Crippen molar-refractivity contribution < 1.29 is 14.0 Å². The molecule has 2 aliphatic carbocycles. The molecule has 0 N–H and O–H groups in total. The number of benzene rings is 6. The van der Waals surface area contributed by atoms with Gasteiger partial charge in [0.1, 0.15) is 0 Å². The maximum Gasteiger partial charge on any atom is -0.147 e. The van der Waals surface area contributed by atoms with E-state index in [0.29, 0.717) is 8.45 Å². The average Bonchev–Trinajstić information content (AvgIpc) is 3.68. The molecule has 0 saturated carbocycles. The first-order chi connectivity index (χ1) is 23.3. The number of halogens is 2. The van der Waals surface area contributed by atoms with Gasteiger partial charge in [-0.25, -0.2) is 0 Å². The van der Waals surface area contributed by atoms with Crippen molar-refractivity contribution >= 4 is 66.1 Å². The molecule has 0 nitrogen and oxygen atoms in total. The minimum atomic E-state index is -3.47. The molecule has 2 aliphatic rings. The smallest absolute Gasteiger partial charge is 0.147 e. The van der Waals surface area contributed by atoms with Crippen molar-refractivity contribution in [1.29, 1.82) is 0 Å². The minimum Gasteiger partial charge on any atom is -0.147 e. The molecule has 0 spiro atoms. The predicted octanol–water partition coefficient (Wildman–Crippen LogP) is 13.7. The summed E-state index contributed by atoms with van der Waals surface area (Å²) in [4.78, 5) is 0. The normalized spacial score (nSPS) is 16.7. The number of allylic oxidation sites excluding steroid dienone is 2. The Kier molecular flexibility index (Phi) is 10.3. The third kappa shape index (κ3) is 5.90. The predicted molar refractivity (Wildman–Crippen MR) is 225 cm³/mol. The third-order valence-electron chi connectivity index (χ3n) is 11.4. The maximum absolute atomic E-state index is 3.47. The van der Waals surface area contributed by atoms with E-state index in [4.69, 9.17) is 0 Å². The zero-order valence-electron chi connectivity index (χ0n) is 29.7. The summed E-state index contributed by atoms with van der Waals surface area (Å²) in [6.07, 6.45) is 9.95. The van der Waals surface area contributed by atoms with Crippen LogP contribution >= 0.6 is 24.8 Å². The van der Waals surface area contributed by atoms with Crippen LogP contribution < -0.4 is 0 Å². The molecule has 2 atom stereocenters. The van der Waals surface area contributed by atoms with E-state index >= 15 is 0 Å². The first-order valence-electron chi connectivity index (χ1n) is 18.0. The van der Waals surface area contributed by atoms with E-state index in [0.717, 1.165) is 12.8 Å². The molecule has 0 amide bonds. The van der Waals surface area contributed by atoms with Crippen LogP contribution in [-0.2, 0) is 14.0 Å². The second kappa shape index (κ2) is 14.1. The fourth-order valence-corrected chi connectivity index (χ4v) is 22.7. The van der Waals surface area contributed by atoms with Crippen LogP contribution in [0.5, 0.6) is 0 Å². The fraction of sp³-hybridized carbons (Fsp3) is 0.217. The molecular formula is C46H48Cl2SiTi. The summed E-state index contributed by atoms with van der Waals surface area (Å²) in [5.41, 5.74) is 14.9. The van der Waals surface area contributed by atoms with Crippen molar-refractivity contribution in [1.82, 2.24) is 0 Å². The molecule has 254 valence electrons. The van der Waals surface area contributed by atoms with Gasteiger partial charge in [0.15, 0.2) is 0 Å². The summed E-state index contributed by atoms with van der Waals surface area (Å²) >= 11 is -3.47. The maximum atomic E-state index is 2.79. The van der Waals surface area contributed by atoms with Crippen molar-refractivity contribution in [2.75, 3.05) is 0 Å². The van der Waals surface area contributed by atoms with Gasteiger partial charge in [-0.05, 0) is 0 Å². The zero-order valence-corrected chi connectivity index (χ0v) is 34.3. The van der Waals surface area contributed by atoms with Crippen LogP contribution in [-0.4, -0.2) is 7.63 Å². The quantitative estimate of drug-likeness (QED) is 0.136. The van der Waals surface area contributed by atoms with E-state index in [2.05, 4.69) is 165 Å². The zero-order chi connectivity index (χ0) is 33.1. The second-order valence-electron chi connectivity index (χ2n) is 15.4. The average molecular weight is 748 g/mol. The Morgan fingerprint density at radius 3 is 1.26 bits per heavy atom. The molecule has 0 aromatic heterocycles. The van der Waals surface area contributed by atoms with E-state index in [1.807, 2.05) is 0 Å². The molecule has 0 radical (unpaired) electrons. The molecule has 2 unspecified atom stereocenters. The number of hydrogen-bond acceptors (Lipinski definition) is 0. The monoisotopic (exact) mass is 746 g/mol. The van der Waals surface area contributed by atoms with Crippen LogP contribution in [0.25, 0.3) is 56.0 Å². The van der Waals surface area contributed by atoms with Gasteiger partial charge in [0, 0.05) is 0 Å². The Bertz CT molecular complexity index is 2200. The molecule has 0 aliphatic heterocycles. The summed E-state index contributed by atoms with van der Waals surface area (Å²) in [6, 6.07) is 45.8. The van der Waals surface area contributed by atoms with Crippen molar-refractivity contribution in [3.63, 3.8) is 0 Å². The summed E-state index contributed by atoms with van der Waals surface area (Å²) in [7, 11) is 2.47. The standard InChI is InChI=1S/2C22H19.2CH3.2ClH.H2Si.Ti/c2*1-2-7-16-14-18-10-6-13-21(22(18)15-16)20-12-5-9-17-8-3-4-11-19(17)20;;;;;;/h2*3-6,8-15H,2,7H2,1H3;2*1H3;2*1H;1H2;. The van der Waals surface area contributed by atoms with Crippen LogP contribution in [0.4, 0.5) is 0 Å². The molecule has 50 heavy (non-hydrogen) atoms. The molecule has 6 aromatic rings. The van der Waals surface area contributed by atoms with Gasteiger partial charge in [0.05, 0.1) is 0 Å². The Balaban J connectivity index is 0.00000216. The van der Waals surface area contributed by atoms with Gasteiger partial charge < -0.3 is 0 Å². The van der Waals surface area contributed by atoms with E-state index in [1.54, 1.807) is 22.3 Å². The Labute approximate surface area is 313 Å². The molecular weight excluding hydrogens is 699 g/mol. The fourth-order valence-electron chi connectivity index (χ4n) is 9.74. The molecule has 8 rings (SSSR count). The van der Waals surface area contributed by atoms with Crippen LogP contribution in [0.15, 0.2) is 132 Å². The van der Waals surface area contributed by atoms with Crippen LogP contribution in [0, 0.1) is 0 Å². The molecule has 0 fully saturated rings. The third-order valence-corrected chi connectivity index (χ3v) is 22.9. The Morgan fingerprint density at radius 2 is 0.840 bits per heavy atom. The van der Waals surface area contributed by atoms with Crippen molar-refractivity contribution in [2.24, 2.45) is 0 Å². The molecule has 4 heteroatoms. The van der Waals surface area contributed by atoms with E-state index in [9.17, 15) is 0 Å². The van der Waals surface area contributed by atoms with Crippen LogP contribution in [0.1, 0.15) is 70.2 Å². The minimum absolute atomic E-state index is 0. The number of hydrogen-bond donors (Lipinski definition) is 0. The first-order valence-corrected chi connectivity index (χ1v) is 26.9. The van der Waals surface area contributed by atoms with E-state index < -0.39 is 14.0 Å². The van der Waals surface area contributed by atoms with Gasteiger partial charge >= 0.3 is 291 Å². The number of fused-ring (bicyclic) bond motifs is 4. The van der Waals surface area contributed by atoms with Crippen molar-refractivity contribution in [3.8, 4) is 22.3 Å². The molecule has 0 bridgehead atoms. The van der Waals surface area contributed by atoms with E-state index in [-0.39, 0.29) is 24.8 Å². The topological polar surface area (TPSA) is 0 Å². The molecule has 0 heterocycles. The summed E-state index contributed by atoms with van der Waals surface area (Å²) in [6.45, 7) is 4.72. The van der Waals surface area contributed by atoms with Crippen LogP contribution in [0.3, 0.4) is 0 Å². The largest absolute Gasteiger partial charge is 0.147 e. The SMILES string of the molecule is CCCC1=Cc2c(-c3cccc4ccccc34)cccc2[CH]1[Ti]([CH3])([CH3])(=[SiH2])[CH]1C(CCC)=Cc2c(-c3cccc4ccccc34)cccc21.Cl.Cl. The van der Waals surface area contributed by atoms with Gasteiger partial charge in [-0.2, -0.15) is 0 Å². The summed E-state index contributed by atoms with van der Waals surface area (Å²) in [5.74, 6) is 0. The number of rotatable bonds is 8. The Hall–Kier alpha value is -3.17. The summed E-state index contributed by atoms with van der Waals surface area (Å²) < 4.78 is 1.00. The van der Waals surface area contributed by atoms with Crippen LogP contribution in [0.2, 0.25) is 10.5 Å². The van der Waals surface area contributed by atoms with Gasteiger partial charge in [0.2, 0.25) is 0 Å². The second-order valence-corrected chi connectivity index (χ2v) is 35.6. The van der Waals surface area contributed by atoms with Gasteiger partial charge in [-0.15, -0.1) is 24.8 Å². The molecule has 6 aromatic carbocycles. The van der Waals surface area contributed by atoms with Crippen molar-refractivity contribution in [3.05, 3.63) is 155 Å². The van der Waals surface area contributed by atoms with E-state index in [1.165, 1.54) is 67.8 Å². The Morgan fingerprint density at radius 1 is 0.480 bits per heavy atom. The summed E-state index contributed by atoms with van der Waals surface area (Å²) in [5, 5.41) is 10.9. The molecule has 0 saturated heterocycles. The van der Waals surface area contributed by atoms with Gasteiger partial charge in [-0.1, -0.05) is 0 Å². The first kappa shape index (κ1) is 36.6. The van der Waals surface area contributed by atoms with Gasteiger partial charge in [0.25, 0.3) is 0 Å². The van der Waals surface area contributed by atoms with Gasteiger partial charge in [-0.3, -0.25) is 0 Å².